The normalized spacial score (nSPS) is 28.4. The highest BCUT2D eigenvalue weighted by molar-refractivity contribution is 6.45. The van der Waals surface area contributed by atoms with Crippen LogP contribution < -0.4 is 10.6 Å². The monoisotopic (exact) mass is 433 g/mol. The van der Waals surface area contributed by atoms with Crippen LogP contribution in [0.3, 0.4) is 0 Å². The number of hydrogen-bond donors (Lipinski definition) is 2. The SMILES string of the molecule is C=C(Cl)/N=C1\C(=C/C)NC(=NCC2CC(NC(=C)C)C2)C(=O)N1C(C)C1CC1.CC. The van der Waals surface area contributed by atoms with Gasteiger partial charge in [0.25, 0.3) is 5.91 Å². The molecule has 0 aromatic rings. The molecule has 7 heteroatoms. The van der Waals surface area contributed by atoms with Crippen molar-refractivity contribution in [2.75, 3.05) is 6.54 Å². The minimum absolute atomic E-state index is 0.0531. The van der Waals surface area contributed by atoms with E-state index in [0.29, 0.717) is 36.1 Å². The number of carbonyl (C=O) groups excluding carboxylic acids is 1. The molecule has 2 N–H and O–H groups in total. The van der Waals surface area contributed by atoms with E-state index in [4.69, 9.17) is 11.6 Å². The van der Waals surface area contributed by atoms with Gasteiger partial charge in [-0.1, -0.05) is 44.7 Å². The third-order valence-electron chi connectivity index (χ3n) is 5.56. The lowest BCUT2D eigenvalue weighted by Gasteiger charge is -2.37. The fourth-order valence-corrected chi connectivity index (χ4v) is 3.93. The molecule has 0 radical (unpaired) electrons. The maximum absolute atomic E-state index is 13.2. The quantitative estimate of drug-likeness (QED) is 0.578. The highest BCUT2D eigenvalue weighted by atomic mass is 35.5. The molecule has 1 saturated heterocycles. The number of hydrogen-bond acceptors (Lipinski definition) is 4. The Morgan fingerprint density at radius 2 is 2.00 bits per heavy atom. The molecule has 2 aliphatic carbocycles. The first kappa shape index (κ1) is 24.2. The zero-order valence-corrected chi connectivity index (χ0v) is 19.7. The second-order valence-corrected chi connectivity index (χ2v) is 8.48. The Hall–Kier alpha value is -2.08. The van der Waals surface area contributed by atoms with Gasteiger partial charge in [-0.15, -0.1) is 0 Å². The van der Waals surface area contributed by atoms with Crippen molar-refractivity contribution in [1.82, 2.24) is 15.5 Å². The first-order valence-corrected chi connectivity index (χ1v) is 11.3. The van der Waals surface area contributed by atoms with Crippen LogP contribution in [0.2, 0.25) is 0 Å². The number of amidine groups is 2. The van der Waals surface area contributed by atoms with E-state index in [1.54, 1.807) is 4.90 Å². The van der Waals surface area contributed by atoms with Gasteiger partial charge in [0.05, 0.1) is 5.70 Å². The summed E-state index contributed by atoms with van der Waals surface area (Å²) in [7, 11) is 0. The second-order valence-electron chi connectivity index (χ2n) is 8.04. The number of nitrogens with zero attached hydrogens (tertiary/aromatic N) is 3. The van der Waals surface area contributed by atoms with E-state index in [1.807, 2.05) is 33.8 Å². The molecule has 2 saturated carbocycles. The highest BCUT2D eigenvalue weighted by Gasteiger charge is 2.42. The van der Waals surface area contributed by atoms with Crippen LogP contribution in [-0.2, 0) is 4.79 Å². The van der Waals surface area contributed by atoms with Gasteiger partial charge in [0.15, 0.2) is 11.7 Å². The molecule has 0 spiro atoms. The fraction of sp³-hybridized carbons (Fsp3) is 0.609. The van der Waals surface area contributed by atoms with E-state index in [1.165, 1.54) is 0 Å². The Balaban J connectivity index is 0.00000155. The number of nitrogens with one attached hydrogen (secondary N) is 2. The van der Waals surface area contributed by atoms with Gasteiger partial charge in [-0.05, 0) is 58.3 Å². The van der Waals surface area contributed by atoms with Crippen LogP contribution >= 0.6 is 11.6 Å². The molecule has 3 aliphatic rings. The van der Waals surface area contributed by atoms with Crippen molar-refractivity contribution in [2.24, 2.45) is 21.8 Å². The lowest BCUT2D eigenvalue weighted by molar-refractivity contribution is -0.122. The largest absolute Gasteiger partial charge is 0.386 e. The zero-order valence-electron chi connectivity index (χ0n) is 19.0. The van der Waals surface area contributed by atoms with Crippen molar-refractivity contribution in [2.45, 2.75) is 72.4 Å². The summed E-state index contributed by atoms with van der Waals surface area (Å²) in [5.74, 6) is 1.75. The number of allylic oxidation sites excluding steroid dienone is 2. The number of piperazine rings is 1. The average Bonchev–Trinajstić information content (AvgIpc) is 3.50. The third kappa shape index (κ3) is 5.97. The summed E-state index contributed by atoms with van der Waals surface area (Å²) >= 11 is 5.94. The molecular formula is C23H36ClN5O. The van der Waals surface area contributed by atoms with Crippen LogP contribution in [0.4, 0.5) is 0 Å². The Labute approximate surface area is 186 Å². The summed E-state index contributed by atoms with van der Waals surface area (Å²) in [6.07, 6.45) is 6.25. The summed E-state index contributed by atoms with van der Waals surface area (Å²) in [5, 5.41) is 6.67. The Morgan fingerprint density at radius 1 is 1.37 bits per heavy atom. The first-order valence-electron chi connectivity index (χ1n) is 11.0. The standard InChI is InChI=1S/C21H30ClN5O.C2H6/c1-6-18-20(25-14(5)22)27(13(4)16-7-8-16)21(28)19(26-18)23-11-15-9-17(10-15)24-12(2)3;1-2/h6,13,15-17,24H,2,5,7-11H2,1,3-4H3,(H,23,26);1-2H3/b18-6+,25-20+;. The Kier molecular flexibility index (Phi) is 8.71. The van der Waals surface area contributed by atoms with Gasteiger partial charge in [0.2, 0.25) is 0 Å². The molecule has 30 heavy (non-hydrogen) atoms. The van der Waals surface area contributed by atoms with E-state index in [0.717, 1.165) is 37.1 Å². The number of rotatable bonds is 7. The molecular weight excluding hydrogens is 398 g/mol. The summed E-state index contributed by atoms with van der Waals surface area (Å²) in [6.45, 7) is 18.1. The number of amides is 1. The number of halogens is 1. The van der Waals surface area contributed by atoms with Gasteiger partial charge in [-0.3, -0.25) is 14.7 Å². The molecule has 1 heterocycles. The number of carbonyl (C=O) groups is 1. The summed E-state index contributed by atoms with van der Waals surface area (Å²) in [4.78, 5) is 23.9. The molecule has 1 unspecified atom stereocenters. The average molecular weight is 434 g/mol. The van der Waals surface area contributed by atoms with E-state index in [2.05, 4.69) is 40.7 Å². The van der Waals surface area contributed by atoms with Crippen molar-refractivity contribution < 1.29 is 4.79 Å². The maximum atomic E-state index is 13.2. The highest BCUT2D eigenvalue weighted by Crippen LogP contribution is 2.36. The van der Waals surface area contributed by atoms with Crippen LogP contribution in [0.25, 0.3) is 0 Å². The van der Waals surface area contributed by atoms with Crippen LogP contribution in [0.5, 0.6) is 0 Å². The van der Waals surface area contributed by atoms with Crippen molar-refractivity contribution in [3.63, 3.8) is 0 Å². The fourth-order valence-electron chi connectivity index (χ4n) is 3.85. The Bertz CT molecular complexity index is 760. The minimum atomic E-state index is -0.141. The molecule has 1 atom stereocenters. The van der Waals surface area contributed by atoms with Crippen molar-refractivity contribution in [1.29, 1.82) is 0 Å². The predicted octanol–water partition coefficient (Wildman–Crippen LogP) is 4.56. The van der Waals surface area contributed by atoms with Crippen LogP contribution in [0.15, 0.2) is 45.8 Å². The third-order valence-corrected chi connectivity index (χ3v) is 5.65. The van der Waals surface area contributed by atoms with Gasteiger partial charge in [0, 0.05) is 24.3 Å². The summed E-state index contributed by atoms with van der Waals surface area (Å²) in [5.41, 5.74) is 1.73. The maximum Gasteiger partial charge on any atom is 0.295 e. The van der Waals surface area contributed by atoms with Crippen LogP contribution in [-0.4, -0.2) is 41.1 Å². The van der Waals surface area contributed by atoms with Crippen molar-refractivity contribution in [3.8, 4) is 0 Å². The van der Waals surface area contributed by atoms with E-state index >= 15 is 0 Å². The van der Waals surface area contributed by atoms with E-state index < -0.39 is 0 Å². The lowest BCUT2D eigenvalue weighted by Crippen LogP contribution is -2.58. The molecule has 166 valence electrons. The molecule has 1 aliphatic heterocycles. The van der Waals surface area contributed by atoms with Crippen LogP contribution in [0, 0.1) is 11.8 Å². The first-order chi connectivity index (χ1) is 14.3. The topological polar surface area (TPSA) is 69.1 Å². The van der Waals surface area contributed by atoms with Crippen molar-refractivity contribution >= 4 is 29.2 Å². The van der Waals surface area contributed by atoms with Crippen LogP contribution in [0.1, 0.15) is 60.3 Å². The van der Waals surface area contributed by atoms with Gasteiger partial charge in [-0.2, -0.15) is 0 Å². The van der Waals surface area contributed by atoms with Gasteiger partial charge in [-0.25, -0.2) is 4.99 Å². The van der Waals surface area contributed by atoms with Gasteiger partial charge >= 0.3 is 0 Å². The molecule has 3 fully saturated rings. The van der Waals surface area contributed by atoms with Gasteiger partial charge < -0.3 is 10.6 Å². The molecule has 3 rings (SSSR count). The molecule has 0 bridgehead atoms. The van der Waals surface area contributed by atoms with Crippen molar-refractivity contribution in [3.05, 3.63) is 35.8 Å². The zero-order chi connectivity index (χ0) is 22.4. The van der Waals surface area contributed by atoms with E-state index in [9.17, 15) is 4.79 Å². The Morgan fingerprint density at radius 3 is 2.50 bits per heavy atom. The number of aliphatic imine (C=N–C) groups is 2. The molecule has 1 amide bonds. The predicted molar refractivity (Wildman–Crippen MR) is 126 cm³/mol. The molecule has 6 nitrogen and oxygen atoms in total. The van der Waals surface area contributed by atoms with E-state index in [-0.39, 0.29) is 17.1 Å². The summed E-state index contributed by atoms with van der Waals surface area (Å²) < 4.78 is 0. The molecule has 0 aromatic heterocycles. The lowest BCUT2D eigenvalue weighted by atomic mass is 9.80. The smallest absolute Gasteiger partial charge is 0.295 e. The van der Waals surface area contributed by atoms with Gasteiger partial charge in [0.1, 0.15) is 5.16 Å². The second kappa shape index (κ2) is 10.8. The molecule has 0 aromatic carbocycles. The minimum Gasteiger partial charge on any atom is -0.386 e. The summed E-state index contributed by atoms with van der Waals surface area (Å²) in [6, 6.07) is 0.529.